The van der Waals surface area contributed by atoms with Crippen LogP contribution < -0.4 is 10.1 Å². The molecule has 2 rings (SSSR count). The molecule has 4 heteroatoms. The Bertz CT molecular complexity index is 570. The number of carbonyl (C=O) groups is 1. The van der Waals surface area contributed by atoms with Crippen molar-refractivity contribution in [2.24, 2.45) is 0 Å². The van der Waals surface area contributed by atoms with Gasteiger partial charge in [-0.05, 0) is 30.2 Å². The molecule has 1 aromatic carbocycles. The van der Waals surface area contributed by atoms with Gasteiger partial charge in [-0.2, -0.15) is 0 Å². The fourth-order valence-electron chi connectivity index (χ4n) is 1.87. The van der Waals surface area contributed by atoms with Gasteiger partial charge in [0.15, 0.2) is 0 Å². The monoisotopic (exact) mass is 284 g/mol. The normalized spacial score (nSPS) is 10.1. The number of amides is 1. The van der Waals surface area contributed by atoms with Gasteiger partial charge in [0.2, 0.25) is 11.8 Å². The average molecular weight is 284 g/mol. The van der Waals surface area contributed by atoms with Crippen LogP contribution in [-0.4, -0.2) is 10.9 Å². The van der Waals surface area contributed by atoms with E-state index in [1.54, 1.807) is 12.3 Å². The third kappa shape index (κ3) is 5.26. The molecule has 4 nitrogen and oxygen atoms in total. The molecule has 0 fully saturated rings. The first kappa shape index (κ1) is 15.0. The third-order valence-corrected chi connectivity index (χ3v) is 3.01. The minimum atomic E-state index is 0.0906. The average Bonchev–Trinajstić information content (AvgIpc) is 2.52. The summed E-state index contributed by atoms with van der Waals surface area (Å²) in [5.74, 6) is 1.36. The predicted molar refractivity (Wildman–Crippen MR) is 82.1 cm³/mol. The number of rotatable bonds is 7. The van der Waals surface area contributed by atoms with Crippen LogP contribution >= 0.6 is 0 Å². The third-order valence-electron chi connectivity index (χ3n) is 3.01. The van der Waals surface area contributed by atoms with Crippen LogP contribution in [0.3, 0.4) is 0 Å². The summed E-state index contributed by atoms with van der Waals surface area (Å²) in [5.41, 5.74) is 1.01. The molecule has 0 aliphatic heterocycles. The molecule has 110 valence electrons. The molecular formula is C17H20N2O2. The summed E-state index contributed by atoms with van der Waals surface area (Å²) in [7, 11) is 0. The number of pyridine rings is 1. The van der Waals surface area contributed by atoms with Crippen molar-refractivity contribution in [3.63, 3.8) is 0 Å². The van der Waals surface area contributed by atoms with Crippen molar-refractivity contribution < 1.29 is 9.53 Å². The van der Waals surface area contributed by atoms with Crippen LogP contribution in [0.25, 0.3) is 0 Å². The molecule has 1 N–H and O–H groups in total. The summed E-state index contributed by atoms with van der Waals surface area (Å²) in [6.45, 7) is 2.59. The lowest BCUT2D eigenvalue weighted by molar-refractivity contribution is -0.121. The second-order valence-electron chi connectivity index (χ2n) is 4.80. The second-order valence-corrected chi connectivity index (χ2v) is 4.80. The maximum absolute atomic E-state index is 11.6. The van der Waals surface area contributed by atoms with Crippen molar-refractivity contribution in [3.05, 3.63) is 54.2 Å². The van der Waals surface area contributed by atoms with Crippen molar-refractivity contribution in [2.75, 3.05) is 0 Å². The van der Waals surface area contributed by atoms with Crippen molar-refractivity contribution in [1.82, 2.24) is 10.3 Å². The summed E-state index contributed by atoms with van der Waals surface area (Å²) >= 11 is 0. The highest BCUT2D eigenvalue weighted by Gasteiger charge is 2.02. The fourth-order valence-corrected chi connectivity index (χ4v) is 1.87. The summed E-state index contributed by atoms with van der Waals surface area (Å²) < 4.78 is 5.67. The van der Waals surface area contributed by atoms with Gasteiger partial charge in [0.05, 0.1) is 0 Å². The highest BCUT2D eigenvalue weighted by atomic mass is 16.5. The fraction of sp³-hybridized carbons (Fsp3) is 0.294. The predicted octanol–water partition coefficient (Wildman–Crippen LogP) is 3.68. The molecular weight excluding hydrogens is 264 g/mol. The molecule has 0 unspecified atom stereocenters. The van der Waals surface area contributed by atoms with Crippen molar-refractivity contribution in [1.29, 1.82) is 0 Å². The smallest absolute Gasteiger partial charge is 0.220 e. The van der Waals surface area contributed by atoms with E-state index in [0.29, 0.717) is 24.6 Å². The lowest BCUT2D eigenvalue weighted by atomic mass is 10.2. The summed E-state index contributed by atoms with van der Waals surface area (Å²) in [6, 6.07) is 13.2. The van der Waals surface area contributed by atoms with E-state index >= 15 is 0 Å². The zero-order valence-corrected chi connectivity index (χ0v) is 12.2. The molecule has 21 heavy (non-hydrogen) atoms. The largest absolute Gasteiger partial charge is 0.439 e. The van der Waals surface area contributed by atoms with Crippen LogP contribution in [0.1, 0.15) is 31.7 Å². The Balaban J connectivity index is 1.90. The molecule has 1 aromatic heterocycles. The first-order valence-electron chi connectivity index (χ1n) is 7.22. The highest BCUT2D eigenvalue weighted by molar-refractivity contribution is 5.75. The van der Waals surface area contributed by atoms with Crippen molar-refractivity contribution in [3.8, 4) is 11.6 Å². The molecule has 0 atom stereocenters. The second kappa shape index (κ2) is 8.04. The molecule has 0 radical (unpaired) electrons. The molecule has 0 bridgehead atoms. The molecule has 0 saturated heterocycles. The summed E-state index contributed by atoms with van der Waals surface area (Å²) in [4.78, 5) is 15.7. The van der Waals surface area contributed by atoms with E-state index in [4.69, 9.17) is 4.74 Å². The lowest BCUT2D eigenvalue weighted by Crippen LogP contribution is -2.22. The van der Waals surface area contributed by atoms with Gasteiger partial charge >= 0.3 is 0 Å². The standard InChI is InChI=1S/C17H20N2O2/c1-2-3-9-16(20)19-13-14-7-6-8-15(12-14)21-17-10-4-5-11-18-17/h4-8,10-12H,2-3,9,13H2,1H3,(H,19,20). The van der Waals surface area contributed by atoms with E-state index in [-0.39, 0.29) is 5.91 Å². The Hall–Kier alpha value is -2.36. The number of nitrogens with zero attached hydrogens (tertiary/aromatic N) is 1. The molecule has 1 heterocycles. The zero-order valence-electron chi connectivity index (χ0n) is 12.2. The highest BCUT2D eigenvalue weighted by Crippen LogP contribution is 2.19. The Morgan fingerprint density at radius 1 is 1.24 bits per heavy atom. The Labute approximate surface area is 125 Å². The molecule has 1 amide bonds. The van der Waals surface area contributed by atoms with Gasteiger partial charge in [0.1, 0.15) is 5.75 Å². The number of ether oxygens (including phenoxy) is 1. The molecule has 0 aliphatic carbocycles. The van der Waals surface area contributed by atoms with Gasteiger partial charge in [0, 0.05) is 25.2 Å². The van der Waals surface area contributed by atoms with Crippen LogP contribution in [-0.2, 0) is 11.3 Å². The lowest BCUT2D eigenvalue weighted by Gasteiger charge is -2.08. The first-order chi connectivity index (χ1) is 10.3. The van der Waals surface area contributed by atoms with E-state index in [1.165, 1.54) is 0 Å². The maximum atomic E-state index is 11.6. The Kier molecular flexibility index (Phi) is 5.76. The van der Waals surface area contributed by atoms with Crippen molar-refractivity contribution >= 4 is 5.91 Å². The minimum Gasteiger partial charge on any atom is -0.439 e. The Morgan fingerprint density at radius 3 is 2.90 bits per heavy atom. The molecule has 2 aromatic rings. The number of hydrogen-bond acceptors (Lipinski definition) is 3. The zero-order chi connectivity index (χ0) is 14.9. The van der Waals surface area contributed by atoms with Crippen LogP contribution in [0.15, 0.2) is 48.7 Å². The van der Waals surface area contributed by atoms with Crippen LogP contribution in [0.5, 0.6) is 11.6 Å². The van der Waals surface area contributed by atoms with Gasteiger partial charge in [0.25, 0.3) is 0 Å². The van der Waals surface area contributed by atoms with Crippen LogP contribution in [0.2, 0.25) is 0 Å². The maximum Gasteiger partial charge on any atom is 0.220 e. The van der Waals surface area contributed by atoms with Gasteiger partial charge in [-0.1, -0.05) is 31.5 Å². The van der Waals surface area contributed by atoms with Gasteiger partial charge in [-0.15, -0.1) is 0 Å². The van der Waals surface area contributed by atoms with Crippen molar-refractivity contribution in [2.45, 2.75) is 32.7 Å². The number of carbonyl (C=O) groups excluding carboxylic acids is 1. The topological polar surface area (TPSA) is 51.2 Å². The van der Waals surface area contributed by atoms with Gasteiger partial charge < -0.3 is 10.1 Å². The number of nitrogens with one attached hydrogen (secondary N) is 1. The van der Waals surface area contributed by atoms with E-state index in [1.807, 2.05) is 36.4 Å². The van der Waals surface area contributed by atoms with Gasteiger partial charge in [-0.25, -0.2) is 4.98 Å². The molecule has 0 saturated carbocycles. The van der Waals surface area contributed by atoms with E-state index in [2.05, 4.69) is 17.2 Å². The Morgan fingerprint density at radius 2 is 2.14 bits per heavy atom. The molecule has 0 spiro atoms. The van der Waals surface area contributed by atoms with E-state index in [0.717, 1.165) is 18.4 Å². The van der Waals surface area contributed by atoms with Crippen LogP contribution in [0.4, 0.5) is 0 Å². The number of aromatic nitrogens is 1. The first-order valence-corrected chi connectivity index (χ1v) is 7.22. The number of hydrogen-bond donors (Lipinski definition) is 1. The summed E-state index contributed by atoms with van der Waals surface area (Å²) in [5, 5.41) is 2.91. The minimum absolute atomic E-state index is 0.0906. The molecule has 0 aliphatic rings. The quantitative estimate of drug-likeness (QED) is 0.843. The van der Waals surface area contributed by atoms with E-state index < -0.39 is 0 Å². The SMILES string of the molecule is CCCCC(=O)NCc1cccc(Oc2ccccn2)c1. The number of benzene rings is 1. The van der Waals surface area contributed by atoms with E-state index in [9.17, 15) is 4.79 Å². The number of unbranched alkanes of at least 4 members (excludes halogenated alkanes) is 1. The van der Waals surface area contributed by atoms with Crippen LogP contribution in [0, 0.1) is 0 Å². The summed E-state index contributed by atoms with van der Waals surface area (Å²) in [6.07, 6.45) is 4.23. The van der Waals surface area contributed by atoms with Gasteiger partial charge in [-0.3, -0.25) is 4.79 Å².